The van der Waals surface area contributed by atoms with Gasteiger partial charge in [-0.2, -0.15) is 0 Å². The topological polar surface area (TPSA) is 78.4 Å². The second-order valence-electron chi connectivity index (χ2n) is 0.455. The first-order valence-electron chi connectivity index (χ1n) is 0.821. The monoisotopic (exact) mass is 189 g/mol. The minimum atomic E-state index is -4.14. The molecular formula is ClO4Zr. The molecule has 0 saturated heterocycles. The van der Waals surface area contributed by atoms with Crippen LogP contribution in [0.4, 0.5) is 0 Å². The summed E-state index contributed by atoms with van der Waals surface area (Å²) in [5.74, 6) is 0. The van der Waals surface area contributed by atoms with Crippen molar-refractivity contribution in [2.45, 2.75) is 0 Å². The van der Waals surface area contributed by atoms with Crippen LogP contribution >= 0.6 is 0 Å². The van der Waals surface area contributed by atoms with Crippen molar-refractivity contribution in [3.63, 3.8) is 0 Å². The fraction of sp³-hybridized carbons (Fsp3) is 0. The summed E-state index contributed by atoms with van der Waals surface area (Å²) in [6.45, 7) is 0. The zero-order valence-corrected chi connectivity index (χ0v) is 5.72. The molecular weight excluding hydrogens is 191 g/mol. The number of halogens is 1. The zero-order chi connectivity index (χ0) is 5.21. The van der Waals surface area contributed by atoms with E-state index in [9.17, 15) is 14.0 Å². The van der Waals surface area contributed by atoms with E-state index in [0.717, 1.165) is 0 Å². The molecule has 0 aliphatic rings. The molecule has 4 nitrogen and oxygen atoms in total. The van der Waals surface area contributed by atoms with Gasteiger partial charge >= 0.3 is 51.7 Å². The first-order valence-corrected chi connectivity index (χ1v) is 3.06. The molecule has 0 amide bonds. The molecule has 35 valence electrons. The van der Waals surface area contributed by atoms with Gasteiger partial charge in [-0.25, -0.2) is 0 Å². The van der Waals surface area contributed by atoms with Gasteiger partial charge in [-0.3, -0.25) is 0 Å². The van der Waals surface area contributed by atoms with Gasteiger partial charge in [0.2, 0.25) is 0 Å². The number of rotatable bonds is 1. The Morgan fingerprint density at radius 3 is 1.50 bits per heavy atom. The summed E-state index contributed by atoms with van der Waals surface area (Å²) in [5, 5.41) is 0. The average Bonchev–Trinajstić information content (AvgIpc) is 1.35. The van der Waals surface area contributed by atoms with Gasteiger partial charge in [-0.15, -0.1) is 0 Å². The van der Waals surface area contributed by atoms with Crippen LogP contribution in [0.2, 0.25) is 0 Å². The molecule has 0 aromatic carbocycles. The van der Waals surface area contributed by atoms with Gasteiger partial charge < -0.3 is 0 Å². The van der Waals surface area contributed by atoms with Crippen molar-refractivity contribution in [2.75, 3.05) is 0 Å². The third-order valence-corrected chi connectivity index (χ3v) is 1.68. The fourth-order valence-electron chi connectivity index (χ4n) is 0. The quantitative estimate of drug-likeness (QED) is 0.428. The second kappa shape index (κ2) is 2.35. The predicted octanol–water partition coefficient (Wildman–Crippen LogP) is -3.64. The van der Waals surface area contributed by atoms with Crippen LogP contribution in [0.15, 0.2) is 0 Å². The first kappa shape index (κ1) is 7.01. The maximum absolute atomic E-state index is 9.22. The molecule has 0 aliphatic carbocycles. The summed E-state index contributed by atoms with van der Waals surface area (Å²) in [7, 11) is -4.14. The summed E-state index contributed by atoms with van der Waals surface area (Å²) >= 11 is 0.238. The fourth-order valence-corrected chi connectivity index (χ4v) is 0. The minimum absolute atomic E-state index is 0.238. The Bertz CT molecular complexity index is 37.3. The predicted molar refractivity (Wildman–Crippen MR) is 1.08 cm³/mol. The van der Waals surface area contributed by atoms with Gasteiger partial charge in [0, 0.05) is 0 Å². The molecule has 0 spiro atoms. The van der Waals surface area contributed by atoms with E-state index in [2.05, 4.69) is 2.37 Å². The molecule has 0 heterocycles. The summed E-state index contributed by atoms with van der Waals surface area (Å²) in [4.78, 5) is 0. The molecule has 0 aliphatic heterocycles. The Kier molecular flexibility index (Phi) is 2.75. The standard InChI is InChI=1S/ClHO4.Zr/c2-1(3,4)5;/h(H,2,3,4,5);/q;+1/p-1. The molecule has 6 heteroatoms. The van der Waals surface area contributed by atoms with E-state index in [1.165, 1.54) is 0 Å². The summed E-state index contributed by atoms with van der Waals surface area (Å²) in [5.41, 5.74) is 0. The summed E-state index contributed by atoms with van der Waals surface area (Å²) < 4.78 is 31.1. The SMILES string of the molecule is [O-][Cl+3]([O-])([O-])[O][Zr]. The van der Waals surface area contributed by atoms with Gasteiger partial charge in [0.15, 0.2) is 0 Å². The molecule has 0 rings (SSSR count). The summed E-state index contributed by atoms with van der Waals surface area (Å²) in [6.07, 6.45) is 0. The van der Waals surface area contributed by atoms with Crippen molar-refractivity contribution in [1.29, 1.82) is 0 Å². The molecule has 0 aromatic rings. The van der Waals surface area contributed by atoms with Crippen LogP contribution < -0.4 is 14.0 Å². The number of hydrogen-bond donors (Lipinski definition) is 0. The Balaban J connectivity index is 3.17. The van der Waals surface area contributed by atoms with E-state index in [4.69, 9.17) is 0 Å². The van der Waals surface area contributed by atoms with Crippen molar-refractivity contribution in [3.8, 4) is 0 Å². The van der Waals surface area contributed by atoms with Gasteiger partial charge in [-0.05, 0) is 0 Å². The van der Waals surface area contributed by atoms with Gasteiger partial charge in [-0.1, -0.05) is 0 Å². The van der Waals surface area contributed by atoms with E-state index in [1.807, 2.05) is 0 Å². The van der Waals surface area contributed by atoms with E-state index in [-0.39, 0.29) is 25.2 Å². The van der Waals surface area contributed by atoms with Crippen molar-refractivity contribution in [3.05, 3.63) is 0 Å². The van der Waals surface area contributed by atoms with Gasteiger partial charge in [0.1, 0.15) is 0 Å². The van der Waals surface area contributed by atoms with Crippen molar-refractivity contribution < 1.29 is 51.7 Å². The molecule has 0 N–H and O–H groups in total. The molecule has 0 fully saturated rings. The number of hydrogen-bond acceptors (Lipinski definition) is 4. The van der Waals surface area contributed by atoms with Crippen molar-refractivity contribution in [1.82, 2.24) is 0 Å². The first-order chi connectivity index (χ1) is 2.56. The van der Waals surface area contributed by atoms with E-state index in [1.54, 1.807) is 0 Å². The maximum atomic E-state index is 9.22. The van der Waals surface area contributed by atoms with Crippen LogP contribution in [0.3, 0.4) is 0 Å². The normalized spacial score (nSPS) is 11.7. The Morgan fingerprint density at radius 2 is 1.50 bits per heavy atom. The van der Waals surface area contributed by atoms with Crippen LogP contribution in [0.25, 0.3) is 0 Å². The van der Waals surface area contributed by atoms with E-state index in [0.29, 0.717) is 0 Å². The molecule has 0 aromatic heterocycles. The Hall–Kier alpha value is 1.01. The molecule has 0 bridgehead atoms. The van der Waals surface area contributed by atoms with Crippen LogP contribution in [-0.4, -0.2) is 0 Å². The molecule has 6 heavy (non-hydrogen) atoms. The zero-order valence-electron chi connectivity index (χ0n) is 2.51. The molecule has 0 unspecified atom stereocenters. The average molecular weight is 191 g/mol. The van der Waals surface area contributed by atoms with Gasteiger partial charge in [0.25, 0.3) is 0 Å². The van der Waals surface area contributed by atoms with E-state index >= 15 is 0 Å². The van der Waals surface area contributed by atoms with Crippen LogP contribution in [0, 0.1) is 10.2 Å². The Labute approximate surface area is 51.9 Å². The van der Waals surface area contributed by atoms with Crippen LogP contribution in [0.5, 0.6) is 0 Å². The third kappa shape index (κ3) is 5.01. The van der Waals surface area contributed by atoms with Crippen molar-refractivity contribution >= 4 is 0 Å². The molecule has 0 saturated carbocycles. The van der Waals surface area contributed by atoms with Gasteiger partial charge in [0.05, 0.1) is 0 Å². The summed E-state index contributed by atoms with van der Waals surface area (Å²) in [6, 6.07) is 0. The molecule has 0 radical (unpaired) electrons. The van der Waals surface area contributed by atoms with Crippen molar-refractivity contribution in [2.24, 2.45) is 0 Å². The second-order valence-corrected chi connectivity index (χ2v) is 2.50. The van der Waals surface area contributed by atoms with E-state index < -0.39 is 10.2 Å². The third-order valence-electron chi connectivity index (χ3n) is 0.0945. The van der Waals surface area contributed by atoms with Crippen LogP contribution in [0.1, 0.15) is 0 Å². The molecule has 0 atom stereocenters. The Morgan fingerprint density at radius 1 is 1.33 bits per heavy atom. The van der Waals surface area contributed by atoms with Crippen LogP contribution in [-0.2, 0) is 27.5 Å².